The van der Waals surface area contributed by atoms with Crippen molar-refractivity contribution in [2.24, 2.45) is 0 Å². The highest BCUT2D eigenvalue weighted by Gasteiger charge is 2.37. The molecule has 30 heavy (non-hydrogen) atoms. The molecule has 162 valence electrons. The number of rotatable bonds is 8. The minimum atomic E-state index is -0.770. The lowest BCUT2D eigenvalue weighted by Crippen LogP contribution is -2.38. The molecule has 1 atom stereocenters. The maximum Gasteiger partial charge on any atom is 0.161 e. The summed E-state index contributed by atoms with van der Waals surface area (Å²) in [6, 6.07) is 16.1. The molecule has 2 aromatic rings. The van der Waals surface area contributed by atoms with Gasteiger partial charge in [0.05, 0.1) is 20.3 Å². The van der Waals surface area contributed by atoms with Crippen molar-refractivity contribution in [3.63, 3.8) is 0 Å². The third kappa shape index (κ3) is 5.13. The third-order valence-electron chi connectivity index (χ3n) is 6.04. The van der Waals surface area contributed by atoms with Crippen molar-refractivity contribution in [3.8, 4) is 11.5 Å². The van der Waals surface area contributed by atoms with Crippen molar-refractivity contribution in [3.05, 3.63) is 59.7 Å². The summed E-state index contributed by atoms with van der Waals surface area (Å²) >= 11 is 0. The van der Waals surface area contributed by atoms with Gasteiger partial charge < -0.3 is 19.3 Å². The van der Waals surface area contributed by atoms with Crippen molar-refractivity contribution >= 4 is 0 Å². The Labute approximate surface area is 179 Å². The summed E-state index contributed by atoms with van der Waals surface area (Å²) in [5.41, 5.74) is 1.38. The molecule has 1 N–H and O–H groups in total. The van der Waals surface area contributed by atoms with Gasteiger partial charge >= 0.3 is 0 Å². The zero-order chi connectivity index (χ0) is 20.8. The first-order valence-corrected chi connectivity index (χ1v) is 10.8. The Morgan fingerprint density at radius 2 is 1.80 bits per heavy atom. The van der Waals surface area contributed by atoms with Crippen molar-refractivity contribution in [2.45, 2.75) is 18.6 Å². The molecule has 0 aliphatic carbocycles. The molecule has 0 aromatic heterocycles. The van der Waals surface area contributed by atoms with E-state index in [-0.39, 0.29) is 0 Å². The standard InChI is InChI=1S/C24H32N2O4/c1-28-23-17-20(7-8-22(23)30-16-13-25-11-14-29-15-12-25)18-26-10-9-24(27,19-26)21-5-3-2-4-6-21/h2-8,17,27H,9-16,18-19H2,1H3. The van der Waals surface area contributed by atoms with E-state index >= 15 is 0 Å². The van der Waals surface area contributed by atoms with Gasteiger partial charge in [-0.15, -0.1) is 0 Å². The van der Waals surface area contributed by atoms with Crippen LogP contribution in [0.4, 0.5) is 0 Å². The Hall–Kier alpha value is -2.12. The topological polar surface area (TPSA) is 54.4 Å². The average Bonchev–Trinajstić information content (AvgIpc) is 3.17. The van der Waals surface area contributed by atoms with Gasteiger partial charge in [-0.3, -0.25) is 9.80 Å². The molecule has 0 radical (unpaired) electrons. The minimum Gasteiger partial charge on any atom is -0.493 e. The van der Waals surface area contributed by atoms with E-state index < -0.39 is 5.60 Å². The van der Waals surface area contributed by atoms with Crippen molar-refractivity contribution in [1.82, 2.24) is 9.80 Å². The van der Waals surface area contributed by atoms with Crippen molar-refractivity contribution in [2.75, 3.05) is 59.7 Å². The second-order valence-electron chi connectivity index (χ2n) is 8.15. The third-order valence-corrected chi connectivity index (χ3v) is 6.04. The largest absolute Gasteiger partial charge is 0.493 e. The molecule has 2 fully saturated rings. The highest BCUT2D eigenvalue weighted by Crippen LogP contribution is 2.34. The molecular weight excluding hydrogens is 380 g/mol. The van der Waals surface area contributed by atoms with E-state index in [0.29, 0.717) is 13.2 Å². The second-order valence-corrected chi connectivity index (χ2v) is 8.15. The van der Waals surface area contributed by atoms with Gasteiger partial charge in [0, 0.05) is 39.3 Å². The zero-order valence-corrected chi connectivity index (χ0v) is 17.8. The number of benzene rings is 2. The molecule has 0 saturated carbocycles. The van der Waals surface area contributed by atoms with E-state index in [4.69, 9.17) is 14.2 Å². The summed E-state index contributed by atoms with van der Waals surface area (Å²) in [5, 5.41) is 11.1. The number of morpholine rings is 1. The molecular formula is C24H32N2O4. The molecule has 0 bridgehead atoms. The average molecular weight is 413 g/mol. The van der Waals surface area contributed by atoms with Crippen LogP contribution in [0.5, 0.6) is 11.5 Å². The van der Waals surface area contributed by atoms with Crippen LogP contribution in [0.25, 0.3) is 0 Å². The maximum atomic E-state index is 11.1. The minimum absolute atomic E-state index is 0.631. The van der Waals surface area contributed by atoms with E-state index in [1.807, 2.05) is 42.5 Å². The van der Waals surface area contributed by atoms with Crippen LogP contribution in [0.2, 0.25) is 0 Å². The van der Waals surface area contributed by atoms with Crippen LogP contribution in [0, 0.1) is 0 Å². The Kier molecular flexibility index (Phi) is 6.89. The van der Waals surface area contributed by atoms with Gasteiger partial charge in [-0.25, -0.2) is 0 Å². The molecule has 1 unspecified atom stereocenters. The van der Waals surface area contributed by atoms with E-state index in [2.05, 4.69) is 15.9 Å². The number of ether oxygens (including phenoxy) is 3. The van der Waals surface area contributed by atoms with Crippen LogP contribution in [0.3, 0.4) is 0 Å². The number of nitrogens with zero attached hydrogens (tertiary/aromatic N) is 2. The molecule has 2 aliphatic heterocycles. The fourth-order valence-corrected chi connectivity index (χ4v) is 4.29. The van der Waals surface area contributed by atoms with Crippen LogP contribution >= 0.6 is 0 Å². The Balaban J connectivity index is 1.32. The first kappa shape index (κ1) is 21.1. The SMILES string of the molecule is COc1cc(CN2CCC(O)(c3ccccc3)C2)ccc1OCCN1CCOCC1. The van der Waals surface area contributed by atoms with Gasteiger partial charge in [0.2, 0.25) is 0 Å². The molecule has 6 heteroatoms. The quantitative estimate of drug-likeness (QED) is 0.719. The van der Waals surface area contributed by atoms with Gasteiger partial charge in [-0.2, -0.15) is 0 Å². The van der Waals surface area contributed by atoms with E-state index in [1.165, 1.54) is 0 Å². The van der Waals surface area contributed by atoms with Crippen LogP contribution < -0.4 is 9.47 Å². The maximum absolute atomic E-state index is 11.1. The van der Waals surface area contributed by atoms with Crippen LogP contribution in [0.15, 0.2) is 48.5 Å². The van der Waals surface area contributed by atoms with Gasteiger partial charge in [0.25, 0.3) is 0 Å². The number of hydrogen-bond acceptors (Lipinski definition) is 6. The zero-order valence-electron chi connectivity index (χ0n) is 17.8. The monoisotopic (exact) mass is 412 g/mol. The van der Waals surface area contributed by atoms with Crippen LogP contribution in [-0.2, 0) is 16.9 Å². The molecule has 4 rings (SSSR count). The van der Waals surface area contributed by atoms with E-state index in [1.54, 1.807) is 7.11 Å². The predicted molar refractivity (Wildman–Crippen MR) is 116 cm³/mol. The molecule has 2 aliphatic rings. The number of likely N-dealkylation sites (tertiary alicyclic amines) is 1. The fraction of sp³-hybridized carbons (Fsp3) is 0.500. The smallest absolute Gasteiger partial charge is 0.161 e. The summed E-state index contributed by atoms with van der Waals surface area (Å²) in [6.45, 7) is 7.32. The fourth-order valence-electron chi connectivity index (χ4n) is 4.29. The number of aliphatic hydroxyl groups is 1. The molecule has 2 saturated heterocycles. The molecule has 2 heterocycles. The lowest BCUT2D eigenvalue weighted by molar-refractivity contribution is 0.0321. The normalized spacial score (nSPS) is 22.9. The number of β-amino-alcohol motifs (C(OH)–C–C–N with tert-alkyl or cyclic N) is 1. The Bertz CT molecular complexity index is 810. The second kappa shape index (κ2) is 9.79. The molecule has 2 aromatic carbocycles. The summed E-state index contributed by atoms with van der Waals surface area (Å²) in [5.74, 6) is 1.53. The first-order chi connectivity index (χ1) is 14.7. The highest BCUT2D eigenvalue weighted by atomic mass is 16.5. The van der Waals surface area contributed by atoms with Gasteiger partial charge in [0.1, 0.15) is 12.2 Å². The van der Waals surface area contributed by atoms with E-state index in [9.17, 15) is 5.11 Å². The lowest BCUT2D eigenvalue weighted by Gasteiger charge is -2.26. The summed E-state index contributed by atoms with van der Waals surface area (Å²) in [6.07, 6.45) is 0.747. The summed E-state index contributed by atoms with van der Waals surface area (Å²) in [4.78, 5) is 4.65. The number of hydrogen-bond donors (Lipinski definition) is 1. The number of methoxy groups -OCH3 is 1. The first-order valence-electron chi connectivity index (χ1n) is 10.8. The van der Waals surface area contributed by atoms with Gasteiger partial charge in [-0.1, -0.05) is 36.4 Å². The van der Waals surface area contributed by atoms with Crippen molar-refractivity contribution in [1.29, 1.82) is 0 Å². The van der Waals surface area contributed by atoms with Gasteiger partial charge in [0.15, 0.2) is 11.5 Å². The molecule has 0 spiro atoms. The predicted octanol–water partition coefficient (Wildman–Crippen LogP) is 2.50. The summed E-state index contributed by atoms with van der Waals surface area (Å²) < 4.78 is 16.9. The van der Waals surface area contributed by atoms with Crippen LogP contribution in [-0.4, -0.2) is 74.6 Å². The highest BCUT2D eigenvalue weighted by molar-refractivity contribution is 5.43. The lowest BCUT2D eigenvalue weighted by atomic mass is 9.93. The Morgan fingerprint density at radius 3 is 2.57 bits per heavy atom. The van der Waals surface area contributed by atoms with Gasteiger partial charge in [-0.05, 0) is 29.7 Å². The van der Waals surface area contributed by atoms with E-state index in [0.717, 1.165) is 75.0 Å². The molecule has 0 amide bonds. The van der Waals surface area contributed by atoms with Crippen LogP contribution in [0.1, 0.15) is 17.5 Å². The Morgan fingerprint density at radius 1 is 1.00 bits per heavy atom. The molecule has 6 nitrogen and oxygen atoms in total. The summed E-state index contributed by atoms with van der Waals surface area (Å²) in [7, 11) is 1.68. The van der Waals surface area contributed by atoms with Crippen molar-refractivity contribution < 1.29 is 19.3 Å².